The van der Waals surface area contributed by atoms with Gasteiger partial charge >= 0.3 is 0 Å². The number of benzene rings is 2. The Labute approximate surface area is 126 Å². The Morgan fingerprint density at radius 3 is 2.61 bits per heavy atom. The lowest BCUT2D eigenvalue weighted by Gasteiger charge is -2.19. The zero-order valence-corrected chi connectivity index (χ0v) is 12.9. The first kappa shape index (κ1) is 13.8. The van der Waals surface area contributed by atoms with Crippen LogP contribution in [0.4, 0.5) is 0 Å². The summed E-state index contributed by atoms with van der Waals surface area (Å²) in [5.74, 6) is 5.71. The van der Waals surface area contributed by atoms with Crippen LogP contribution in [0.1, 0.15) is 22.7 Å². The Bertz CT molecular complexity index is 557. The molecule has 0 saturated heterocycles. The largest absolute Gasteiger partial charge is 0.271 e. The van der Waals surface area contributed by atoms with E-state index in [-0.39, 0.29) is 6.04 Å². The summed E-state index contributed by atoms with van der Waals surface area (Å²) >= 11 is 8.38. The summed E-state index contributed by atoms with van der Waals surface area (Å²) in [6.45, 7) is 2.09. The molecule has 0 aliphatic heterocycles. The highest BCUT2D eigenvalue weighted by Crippen LogP contribution is 2.28. The smallest absolute Gasteiger partial charge is 0.0720 e. The molecule has 2 rings (SSSR count). The molecule has 0 aliphatic carbocycles. The van der Waals surface area contributed by atoms with Crippen LogP contribution in [-0.4, -0.2) is 0 Å². The van der Waals surface area contributed by atoms with E-state index >= 15 is 0 Å². The fourth-order valence-corrected chi connectivity index (χ4v) is 2.81. The molecule has 0 spiro atoms. The first-order valence-electron chi connectivity index (χ1n) is 5.60. The first-order chi connectivity index (χ1) is 8.63. The molecule has 0 aliphatic rings. The molecular formula is C14H14ClIN2. The minimum atomic E-state index is -0.0458. The second kappa shape index (κ2) is 6.02. The van der Waals surface area contributed by atoms with Gasteiger partial charge in [-0.1, -0.05) is 41.9 Å². The Kier molecular flexibility index (Phi) is 4.61. The highest BCUT2D eigenvalue weighted by molar-refractivity contribution is 14.1. The molecule has 0 heterocycles. The molecule has 2 aromatic carbocycles. The van der Waals surface area contributed by atoms with Gasteiger partial charge in [-0.05, 0) is 58.3 Å². The zero-order chi connectivity index (χ0) is 13.1. The van der Waals surface area contributed by atoms with Crippen LogP contribution in [0.2, 0.25) is 5.02 Å². The van der Waals surface area contributed by atoms with Crippen LogP contribution in [0, 0.1) is 10.5 Å². The highest BCUT2D eigenvalue weighted by Gasteiger charge is 2.16. The van der Waals surface area contributed by atoms with Crippen LogP contribution < -0.4 is 11.3 Å². The lowest BCUT2D eigenvalue weighted by molar-refractivity contribution is 0.634. The monoisotopic (exact) mass is 372 g/mol. The normalized spacial score (nSPS) is 12.4. The van der Waals surface area contributed by atoms with Crippen molar-refractivity contribution in [2.24, 2.45) is 5.84 Å². The van der Waals surface area contributed by atoms with Gasteiger partial charge in [-0.15, -0.1) is 0 Å². The maximum Gasteiger partial charge on any atom is 0.0720 e. The summed E-state index contributed by atoms with van der Waals surface area (Å²) in [5.41, 5.74) is 6.34. The van der Waals surface area contributed by atoms with E-state index in [1.165, 1.54) is 14.7 Å². The second-order valence-electron chi connectivity index (χ2n) is 4.13. The number of nitrogens with two attached hydrogens (primary N) is 1. The van der Waals surface area contributed by atoms with Gasteiger partial charge in [0.05, 0.1) is 6.04 Å². The minimum Gasteiger partial charge on any atom is -0.271 e. The summed E-state index contributed by atoms with van der Waals surface area (Å²) in [4.78, 5) is 0. The summed E-state index contributed by atoms with van der Waals surface area (Å²) in [7, 11) is 0. The number of nitrogens with one attached hydrogen (secondary N) is 1. The van der Waals surface area contributed by atoms with Crippen molar-refractivity contribution in [1.82, 2.24) is 5.43 Å². The summed E-state index contributed by atoms with van der Waals surface area (Å²) in [6.07, 6.45) is 0. The van der Waals surface area contributed by atoms with Gasteiger partial charge in [0.15, 0.2) is 0 Å². The molecule has 1 atom stereocenters. The van der Waals surface area contributed by atoms with E-state index in [1.807, 2.05) is 30.3 Å². The van der Waals surface area contributed by atoms with Gasteiger partial charge in [0.25, 0.3) is 0 Å². The van der Waals surface area contributed by atoms with Crippen LogP contribution in [0.3, 0.4) is 0 Å². The van der Waals surface area contributed by atoms with E-state index in [4.69, 9.17) is 17.4 Å². The topological polar surface area (TPSA) is 38.0 Å². The predicted molar refractivity (Wildman–Crippen MR) is 84.5 cm³/mol. The average Bonchev–Trinajstić information content (AvgIpc) is 2.35. The minimum absolute atomic E-state index is 0.0458. The van der Waals surface area contributed by atoms with Crippen molar-refractivity contribution in [1.29, 1.82) is 0 Å². The predicted octanol–water partition coefficient (Wildman–Crippen LogP) is 3.81. The lowest BCUT2D eigenvalue weighted by atomic mass is 9.98. The van der Waals surface area contributed by atoms with Crippen molar-refractivity contribution < 1.29 is 0 Å². The fraction of sp³-hybridized carbons (Fsp3) is 0.143. The molecule has 1 unspecified atom stereocenters. The van der Waals surface area contributed by atoms with Gasteiger partial charge in [-0.3, -0.25) is 5.84 Å². The number of rotatable bonds is 3. The fourth-order valence-electron chi connectivity index (χ4n) is 1.94. The maximum atomic E-state index is 6.03. The van der Waals surface area contributed by atoms with E-state index in [2.05, 4.69) is 47.1 Å². The Morgan fingerprint density at radius 1 is 1.22 bits per heavy atom. The Balaban J connectivity index is 2.49. The van der Waals surface area contributed by atoms with E-state index < -0.39 is 0 Å². The third-order valence-corrected chi connectivity index (χ3v) is 4.59. The van der Waals surface area contributed by atoms with Crippen LogP contribution in [0.5, 0.6) is 0 Å². The van der Waals surface area contributed by atoms with Gasteiger partial charge in [-0.25, -0.2) is 5.43 Å². The number of hydrazine groups is 1. The molecule has 18 heavy (non-hydrogen) atoms. The van der Waals surface area contributed by atoms with Gasteiger partial charge in [-0.2, -0.15) is 0 Å². The molecule has 2 aromatic rings. The molecule has 94 valence electrons. The third-order valence-electron chi connectivity index (χ3n) is 2.88. The number of halogens is 2. The quantitative estimate of drug-likeness (QED) is 0.488. The number of hydrogen-bond acceptors (Lipinski definition) is 2. The summed E-state index contributed by atoms with van der Waals surface area (Å²) in [5, 5.41) is 0.718. The van der Waals surface area contributed by atoms with Gasteiger partial charge in [0.2, 0.25) is 0 Å². The maximum absolute atomic E-state index is 6.03. The molecule has 0 bridgehead atoms. The van der Waals surface area contributed by atoms with Crippen molar-refractivity contribution in [2.75, 3.05) is 0 Å². The van der Waals surface area contributed by atoms with Crippen LogP contribution >= 0.6 is 34.2 Å². The van der Waals surface area contributed by atoms with Gasteiger partial charge < -0.3 is 0 Å². The molecule has 4 heteroatoms. The van der Waals surface area contributed by atoms with Crippen LogP contribution in [0.15, 0.2) is 42.5 Å². The molecule has 0 saturated carbocycles. The molecule has 0 amide bonds. The molecular weight excluding hydrogens is 359 g/mol. The Morgan fingerprint density at radius 2 is 1.94 bits per heavy atom. The van der Waals surface area contributed by atoms with E-state index in [0.29, 0.717) is 0 Å². The van der Waals surface area contributed by atoms with Crippen molar-refractivity contribution in [3.8, 4) is 0 Å². The molecule has 3 N–H and O–H groups in total. The molecule has 0 radical (unpaired) electrons. The van der Waals surface area contributed by atoms with Crippen LogP contribution in [-0.2, 0) is 0 Å². The molecule has 0 fully saturated rings. The van der Waals surface area contributed by atoms with E-state index in [0.717, 1.165) is 10.6 Å². The SMILES string of the molecule is Cc1cccc(C(NN)c2cccc(Cl)c2)c1I. The van der Waals surface area contributed by atoms with Crippen molar-refractivity contribution in [3.05, 3.63) is 67.7 Å². The van der Waals surface area contributed by atoms with E-state index in [9.17, 15) is 0 Å². The third kappa shape index (κ3) is 2.85. The molecule has 0 aromatic heterocycles. The lowest BCUT2D eigenvalue weighted by Crippen LogP contribution is -2.29. The number of hydrogen-bond donors (Lipinski definition) is 2. The van der Waals surface area contributed by atoms with Crippen molar-refractivity contribution >= 4 is 34.2 Å². The standard InChI is InChI=1S/C14H14ClIN2/c1-9-4-2-7-12(13(9)16)14(18-17)10-5-3-6-11(15)8-10/h2-8,14,18H,17H2,1H3. The average molecular weight is 373 g/mol. The van der Waals surface area contributed by atoms with Crippen molar-refractivity contribution in [2.45, 2.75) is 13.0 Å². The molecule has 2 nitrogen and oxygen atoms in total. The number of aryl methyl sites for hydroxylation is 1. The zero-order valence-electron chi connectivity index (χ0n) is 9.95. The first-order valence-corrected chi connectivity index (χ1v) is 7.05. The Hall–Kier alpha value is -0.620. The van der Waals surface area contributed by atoms with Gasteiger partial charge in [0, 0.05) is 8.59 Å². The van der Waals surface area contributed by atoms with E-state index in [1.54, 1.807) is 0 Å². The second-order valence-corrected chi connectivity index (χ2v) is 5.65. The summed E-state index contributed by atoms with van der Waals surface area (Å²) in [6, 6.07) is 13.9. The van der Waals surface area contributed by atoms with Crippen LogP contribution in [0.25, 0.3) is 0 Å². The van der Waals surface area contributed by atoms with Gasteiger partial charge in [0.1, 0.15) is 0 Å². The highest BCUT2D eigenvalue weighted by atomic mass is 127. The van der Waals surface area contributed by atoms with Crippen molar-refractivity contribution in [3.63, 3.8) is 0 Å². The summed E-state index contributed by atoms with van der Waals surface area (Å²) < 4.78 is 1.22.